The van der Waals surface area contributed by atoms with Crippen LogP contribution in [0.5, 0.6) is 0 Å². The average Bonchev–Trinajstić information content (AvgIpc) is 2.94. The van der Waals surface area contributed by atoms with Crippen molar-refractivity contribution in [2.45, 2.75) is 0 Å². The Hall–Kier alpha value is -2.70. The third-order valence-corrected chi connectivity index (χ3v) is 2.60. The molecule has 1 aromatic carbocycles. The number of hydrogen-bond acceptors (Lipinski definition) is 4. The SMILES string of the molecule is O=C(O)c1nonc1-c1c[nH]c2cccc(F)c12. The summed E-state index contributed by atoms with van der Waals surface area (Å²) in [4.78, 5) is 13.8. The second kappa shape index (κ2) is 3.66. The second-order valence-electron chi connectivity index (χ2n) is 3.63. The number of aromatic nitrogens is 3. The molecule has 0 saturated heterocycles. The van der Waals surface area contributed by atoms with Crippen molar-refractivity contribution in [3.8, 4) is 11.3 Å². The van der Waals surface area contributed by atoms with Gasteiger partial charge in [0.25, 0.3) is 0 Å². The maximum atomic E-state index is 13.8. The third kappa shape index (κ3) is 1.37. The quantitative estimate of drug-likeness (QED) is 0.723. The molecule has 0 unspecified atom stereocenters. The maximum Gasteiger partial charge on any atom is 0.360 e. The van der Waals surface area contributed by atoms with E-state index >= 15 is 0 Å². The number of carboxylic acid groups (broad SMARTS) is 1. The van der Waals surface area contributed by atoms with E-state index in [1.165, 1.54) is 12.3 Å². The predicted octanol–water partition coefficient (Wildman–Crippen LogP) is 2.06. The molecule has 2 N–H and O–H groups in total. The Labute approximate surface area is 99.0 Å². The summed E-state index contributed by atoms with van der Waals surface area (Å²) in [6.45, 7) is 0. The molecule has 0 radical (unpaired) electrons. The Morgan fingerprint density at radius 2 is 2.22 bits per heavy atom. The Morgan fingerprint density at radius 1 is 1.39 bits per heavy atom. The van der Waals surface area contributed by atoms with Crippen LogP contribution in [0.25, 0.3) is 22.2 Å². The van der Waals surface area contributed by atoms with Crippen molar-refractivity contribution >= 4 is 16.9 Å². The number of hydrogen-bond donors (Lipinski definition) is 2. The molecule has 0 spiro atoms. The highest BCUT2D eigenvalue weighted by Gasteiger charge is 2.22. The van der Waals surface area contributed by atoms with Crippen molar-refractivity contribution in [1.29, 1.82) is 0 Å². The van der Waals surface area contributed by atoms with Gasteiger partial charge in [0.2, 0.25) is 5.69 Å². The fourth-order valence-corrected chi connectivity index (χ4v) is 1.83. The lowest BCUT2D eigenvalue weighted by atomic mass is 10.1. The number of fused-ring (bicyclic) bond motifs is 1. The van der Waals surface area contributed by atoms with Crippen molar-refractivity contribution in [2.24, 2.45) is 0 Å². The summed E-state index contributed by atoms with van der Waals surface area (Å²) in [5, 5.41) is 16.0. The molecule has 0 aliphatic heterocycles. The minimum atomic E-state index is -1.28. The zero-order valence-corrected chi connectivity index (χ0v) is 8.85. The summed E-state index contributed by atoms with van der Waals surface area (Å²) in [6.07, 6.45) is 1.47. The zero-order chi connectivity index (χ0) is 12.7. The Bertz CT molecular complexity index is 747. The number of rotatable bonds is 2. The van der Waals surface area contributed by atoms with Crippen LogP contribution in [0.2, 0.25) is 0 Å². The van der Waals surface area contributed by atoms with Crippen LogP contribution >= 0.6 is 0 Å². The molecular formula is C11H6FN3O3. The van der Waals surface area contributed by atoms with Crippen LogP contribution in [0.1, 0.15) is 10.5 Å². The number of nitrogens with zero attached hydrogens (tertiary/aromatic N) is 2. The molecule has 18 heavy (non-hydrogen) atoms. The van der Waals surface area contributed by atoms with Crippen LogP contribution in [0.15, 0.2) is 29.0 Å². The molecule has 7 heteroatoms. The van der Waals surface area contributed by atoms with Gasteiger partial charge in [-0.05, 0) is 22.4 Å². The number of aromatic amines is 1. The number of carbonyl (C=O) groups is 1. The summed E-state index contributed by atoms with van der Waals surface area (Å²) in [6, 6.07) is 4.51. The van der Waals surface area contributed by atoms with E-state index in [0.29, 0.717) is 11.1 Å². The van der Waals surface area contributed by atoms with Gasteiger partial charge in [-0.25, -0.2) is 13.8 Å². The lowest BCUT2D eigenvalue weighted by molar-refractivity contribution is 0.0685. The molecule has 0 fully saturated rings. The number of benzene rings is 1. The first-order chi connectivity index (χ1) is 8.68. The molecule has 2 aromatic heterocycles. The average molecular weight is 247 g/mol. The maximum absolute atomic E-state index is 13.8. The van der Waals surface area contributed by atoms with Crippen molar-refractivity contribution in [3.05, 3.63) is 35.9 Å². The van der Waals surface area contributed by atoms with E-state index in [1.54, 1.807) is 12.1 Å². The molecule has 2 heterocycles. The molecule has 3 rings (SSSR count). The largest absolute Gasteiger partial charge is 0.476 e. The first-order valence-electron chi connectivity index (χ1n) is 5.00. The molecule has 0 bridgehead atoms. The van der Waals surface area contributed by atoms with E-state index in [0.717, 1.165) is 0 Å². The number of H-pyrrole nitrogens is 1. The smallest absolute Gasteiger partial charge is 0.360 e. The molecule has 90 valence electrons. The molecule has 3 aromatic rings. The number of carboxylic acids is 1. The van der Waals surface area contributed by atoms with E-state index in [1.807, 2.05) is 0 Å². The summed E-state index contributed by atoms with van der Waals surface area (Å²) < 4.78 is 18.2. The Kier molecular flexibility index (Phi) is 2.12. The topological polar surface area (TPSA) is 92.0 Å². The lowest BCUT2D eigenvalue weighted by Crippen LogP contribution is -1.99. The molecule has 0 atom stereocenters. The highest BCUT2D eigenvalue weighted by molar-refractivity contribution is 6.00. The number of halogens is 1. The minimum Gasteiger partial charge on any atom is -0.476 e. The van der Waals surface area contributed by atoms with Crippen molar-refractivity contribution in [2.75, 3.05) is 0 Å². The monoisotopic (exact) mass is 247 g/mol. The van der Waals surface area contributed by atoms with E-state index in [4.69, 9.17) is 5.11 Å². The van der Waals surface area contributed by atoms with Crippen LogP contribution in [-0.4, -0.2) is 26.4 Å². The van der Waals surface area contributed by atoms with Gasteiger partial charge >= 0.3 is 5.97 Å². The fourth-order valence-electron chi connectivity index (χ4n) is 1.83. The van der Waals surface area contributed by atoms with E-state index < -0.39 is 11.8 Å². The summed E-state index contributed by atoms with van der Waals surface area (Å²) in [5.41, 5.74) is 0.504. The van der Waals surface area contributed by atoms with Gasteiger partial charge in [0.15, 0.2) is 5.69 Å². The highest BCUT2D eigenvalue weighted by Crippen LogP contribution is 2.30. The molecular weight excluding hydrogens is 241 g/mol. The van der Waals surface area contributed by atoms with Crippen LogP contribution in [0.3, 0.4) is 0 Å². The first kappa shape index (κ1) is 10.5. The lowest BCUT2D eigenvalue weighted by Gasteiger charge is -1.96. The third-order valence-electron chi connectivity index (χ3n) is 2.60. The highest BCUT2D eigenvalue weighted by atomic mass is 19.1. The standard InChI is InChI=1S/C11H6FN3O3/c12-6-2-1-3-7-8(6)5(4-13-7)9-10(11(16)17)15-18-14-9/h1-4,13H,(H,16,17). The van der Waals surface area contributed by atoms with Crippen molar-refractivity contribution in [1.82, 2.24) is 15.3 Å². The molecule has 0 amide bonds. The van der Waals surface area contributed by atoms with Crippen LogP contribution in [0, 0.1) is 5.82 Å². The Balaban J connectivity index is 2.32. The predicted molar refractivity (Wildman–Crippen MR) is 58.5 cm³/mol. The van der Waals surface area contributed by atoms with Gasteiger partial charge in [0.05, 0.1) is 0 Å². The first-order valence-corrected chi connectivity index (χ1v) is 5.00. The van der Waals surface area contributed by atoms with Gasteiger partial charge in [0, 0.05) is 22.7 Å². The van der Waals surface area contributed by atoms with Crippen molar-refractivity contribution in [3.63, 3.8) is 0 Å². The van der Waals surface area contributed by atoms with E-state index in [9.17, 15) is 9.18 Å². The minimum absolute atomic E-state index is 0.00106. The number of aromatic carboxylic acids is 1. The van der Waals surface area contributed by atoms with Gasteiger partial charge in [-0.2, -0.15) is 0 Å². The van der Waals surface area contributed by atoms with Crippen LogP contribution in [0.4, 0.5) is 4.39 Å². The van der Waals surface area contributed by atoms with Gasteiger partial charge in [-0.15, -0.1) is 0 Å². The normalized spacial score (nSPS) is 10.9. The van der Waals surface area contributed by atoms with Gasteiger partial charge in [0.1, 0.15) is 5.82 Å². The van der Waals surface area contributed by atoms with Crippen LogP contribution in [-0.2, 0) is 0 Å². The van der Waals surface area contributed by atoms with Gasteiger partial charge in [-0.1, -0.05) is 6.07 Å². The van der Waals surface area contributed by atoms with E-state index in [2.05, 4.69) is 19.9 Å². The summed E-state index contributed by atoms with van der Waals surface area (Å²) in [5.74, 6) is -1.75. The van der Waals surface area contributed by atoms with Crippen LogP contribution < -0.4 is 0 Å². The second-order valence-corrected chi connectivity index (χ2v) is 3.63. The summed E-state index contributed by atoms with van der Waals surface area (Å²) in [7, 11) is 0. The Morgan fingerprint density at radius 3 is 3.00 bits per heavy atom. The van der Waals surface area contributed by atoms with Crippen molar-refractivity contribution < 1.29 is 18.9 Å². The molecule has 0 aliphatic rings. The zero-order valence-electron chi connectivity index (χ0n) is 8.85. The summed E-state index contributed by atoms with van der Waals surface area (Å²) >= 11 is 0. The molecule has 0 aliphatic carbocycles. The van der Waals surface area contributed by atoms with E-state index in [-0.39, 0.29) is 16.8 Å². The van der Waals surface area contributed by atoms with Gasteiger partial charge in [-0.3, -0.25) is 0 Å². The molecule has 0 saturated carbocycles. The molecule has 6 nitrogen and oxygen atoms in total. The van der Waals surface area contributed by atoms with Gasteiger partial charge < -0.3 is 10.1 Å². The fraction of sp³-hybridized carbons (Fsp3) is 0. The number of nitrogens with one attached hydrogen (secondary N) is 1.